The van der Waals surface area contributed by atoms with Crippen LogP contribution < -0.4 is 4.90 Å². The van der Waals surface area contributed by atoms with Crippen LogP contribution in [-0.4, -0.2) is 57.3 Å². The van der Waals surface area contributed by atoms with Gasteiger partial charge < -0.3 is 14.4 Å². The van der Waals surface area contributed by atoms with Crippen molar-refractivity contribution in [3.8, 4) is 0 Å². The van der Waals surface area contributed by atoms with Crippen molar-refractivity contribution in [3.63, 3.8) is 0 Å². The number of amides is 1. The van der Waals surface area contributed by atoms with E-state index in [0.29, 0.717) is 31.0 Å². The normalized spacial score (nSPS) is 14.0. The monoisotopic (exact) mass is 431 g/mol. The highest BCUT2D eigenvalue weighted by molar-refractivity contribution is 5.91. The van der Waals surface area contributed by atoms with Crippen molar-refractivity contribution in [1.29, 1.82) is 0 Å². The van der Waals surface area contributed by atoms with Crippen LogP contribution in [0, 0.1) is 13.8 Å². The first-order chi connectivity index (χ1) is 15.4. The Bertz CT molecular complexity index is 1090. The fraction of sp³-hybridized carbons (Fsp3) is 0.360. The van der Waals surface area contributed by atoms with Crippen molar-refractivity contribution in [2.24, 2.45) is 7.05 Å². The second-order valence-electron chi connectivity index (χ2n) is 8.52. The van der Waals surface area contributed by atoms with Crippen LogP contribution in [0.5, 0.6) is 0 Å². The third kappa shape index (κ3) is 5.04. The number of rotatable bonds is 6. The molecule has 0 unspecified atom stereocenters. The Morgan fingerprint density at radius 2 is 1.59 bits per heavy atom. The first-order valence-corrected chi connectivity index (χ1v) is 11.0. The van der Waals surface area contributed by atoms with Gasteiger partial charge in [-0.3, -0.25) is 9.59 Å². The topological polar surface area (TPSA) is 71.3 Å². The molecule has 166 valence electrons. The van der Waals surface area contributed by atoms with Gasteiger partial charge in [0.2, 0.25) is 0 Å². The minimum atomic E-state index is -0.0961. The number of pyridine rings is 1. The van der Waals surface area contributed by atoms with Crippen LogP contribution in [0.3, 0.4) is 0 Å². The Hall–Kier alpha value is -3.48. The van der Waals surface area contributed by atoms with Gasteiger partial charge in [-0.25, -0.2) is 9.97 Å². The molecular formula is C25H29N5O2. The molecule has 4 rings (SSSR count). The summed E-state index contributed by atoms with van der Waals surface area (Å²) < 4.78 is 1.73. The van der Waals surface area contributed by atoms with E-state index >= 15 is 0 Å². The lowest BCUT2D eigenvalue weighted by molar-refractivity contribution is -0.117. The quantitative estimate of drug-likeness (QED) is 0.600. The van der Waals surface area contributed by atoms with Gasteiger partial charge in [0.25, 0.3) is 5.91 Å². The predicted octanol–water partition coefficient (Wildman–Crippen LogP) is 2.75. The zero-order valence-electron chi connectivity index (χ0n) is 18.9. The summed E-state index contributed by atoms with van der Waals surface area (Å²) in [5.74, 6) is 1.31. The molecule has 3 aromatic rings. The summed E-state index contributed by atoms with van der Waals surface area (Å²) in [6.07, 6.45) is 4.24. The molecule has 1 amide bonds. The Labute approximate surface area is 188 Å². The van der Waals surface area contributed by atoms with Crippen LogP contribution in [0.15, 0.2) is 48.8 Å². The molecule has 0 radical (unpaired) electrons. The number of hydrogen-bond acceptors (Lipinski definition) is 5. The molecule has 32 heavy (non-hydrogen) atoms. The third-order valence-corrected chi connectivity index (χ3v) is 5.80. The average Bonchev–Trinajstić information content (AvgIpc) is 3.15. The van der Waals surface area contributed by atoms with Gasteiger partial charge >= 0.3 is 0 Å². The summed E-state index contributed by atoms with van der Waals surface area (Å²) in [5.41, 5.74) is 3.93. The van der Waals surface area contributed by atoms with E-state index in [1.807, 2.05) is 55.3 Å². The van der Waals surface area contributed by atoms with Crippen molar-refractivity contribution in [2.45, 2.75) is 26.7 Å². The number of nitrogens with zero attached hydrogens (tertiary/aromatic N) is 5. The van der Waals surface area contributed by atoms with Gasteiger partial charge in [-0.1, -0.05) is 35.9 Å². The highest BCUT2D eigenvalue weighted by Crippen LogP contribution is 2.16. The lowest BCUT2D eigenvalue weighted by atomic mass is 10.0. The van der Waals surface area contributed by atoms with E-state index in [-0.39, 0.29) is 18.1 Å². The Morgan fingerprint density at radius 3 is 2.25 bits per heavy atom. The van der Waals surface area contributed by atoms with E-state index in [1.165, 1.54) is 5.56 Å². The standard InChI is InChI=1S/C25H29N5O2/c1-18-4-7-20(8-5-18)14-22(31)15-21-17-28(3)24(27-21)25(32)30-12-10-29(11-13-30)23-9-6-19(2)16-26-23/h4-9,16-17H,10-15H2,1-3H3. The number of Topliss-reactive ketones (excluding diaryl/α,β-unsaturated/α-hetero) is 1. The van der Waals surface area contributed by atoms with Gasteiger partial charge in [-0.15, -0.1) is 0 Å². The number of anilines is 1. The fourth-order valence-electron chi connectivity index (χ4n) is 3.94. The summed E-state index contributed by atoms with van der Waals surface area (Å²) in [6, 6.07) is 12.0. The van der Waals surface area contributed by atoms with E-state index in [1.54, 1.807) is 17.8 Å². The molecule has 0 bridgehead atoms. The Morgan fingerprint density at radius 1 is 0.906 bits per heavy atom. The molecule has 2 aromatic heterocycles. The summed E-state index contributed by atoms with van der Waals surface area (Å²) in [7, 11) is 1.81. The third-order valence-electron chi connectivity index (χ3n) is 5.80. The minimum Gasteiger partial charge on any atom is -0.353 e. The van der Waals surface area contributed by atoms with Gasteiger partial charge in [-0.05, 0) is 31.0 Å². The molecule has 0 aliphatic carbocycles. The van der Waals surface area contributed by atoms with Crippen LogP contribution >= 0.6 is 0 Å². The molecular weight excluding hydrogens is 402 g/mol. The SMILES string of the molecule is Cc1ccc(CC(=O)Cc2cn(C)c(C(=O)N3CCN(c4ccc(C)cn4)CC3)n2)cc1. The predicted molar refractivity (Wildman–Crippen MR) is 124 cm³/mol. The van der Waals surface area contributed by atoms with Crippen LogP contribution in [-0.2, 0) is 24.7 Å². The van der Waals surface area contributed by atoms with Gasteiger partial charge in [0.1, 0.15) is 11.6 Å². The Kier molecular flexibility index (Phi) is 6.35. The molecule has 1 aliphatic rings. The molecule has 7 nitrogen and oxygen atoms in total. The molecule has 1 saturated heterocycles. The first kappa shape index (κ1) is 21.7. The summed E-state index contributed by atoms with van der Waals surface area (Å²) in [5, 5.41) is 0. The van der Waals surface area contributed by atoms with E-state index in [4.69, 9.17) is 0 Å². The number of aromatic nitrogens is 3. The van der Waals surface area contributed by atoms with E-state index < -0.39 is 0 Å². The van der Waals surface area contributed by atoms with Crippen molar-refractivity contribution in [2.75, 3.05) is 31.1 Å². The molecule has 1 aromatic carbocycles. The largest absolute Gasteiger partial charge is 0.353 e. The van der Waals surface area contributed by atoms with Gasteiger partial charge in [-0.2, -0.15) is 0 Å². The van der Waals surface area contributed by atoms with Crippen LogP contribution in [0.4, 0.5) is 5.82 Å². The summed E-state index contributed by atoms with van der Waals surface area (Å²) in [6.45, 7) is 6.73. The molecule has 7 heteroatoms. The smallest absolute Gasteiger partial charge is 0.289 e. The molecule has 1 fully saturated rings. The lowest BCUT2D eigenvalue weighted by Gasteiger charge is -2.35. The van der Waals surface area contributed by atoms with Gasteiger partial charge in [0, 0.05) is 52.0 Å². The van der Waals surface area contributed by atoms with Crippen molar-refractivity contribution in [3.05, 3.63) is 77.0 Å². The number of imidazole rings is 1. The Balaban J connectivity index is 1.35. The molecule has 0 saturated carbocycles. The van der Waals surface area contributed by atoms with Crippen LogP contribution in [0.2, 0.25) is 0 Å². The van der Waals surface area contributed by atoms with Crippen LogP contribution in [0.25, 0.3) is 0 Å². The van der Waals surface area contributed by atoms with Crippen LogP contribution in [0.1, 0.15) is 33.0 Å². The van der Waals surface area contributed by atoms with E-state index in [9.17, 15) is 9.59 Å². The highest BCUT2D eigenvalue weighted by Gasteiger charge is 2.26. The molecule has 1 aliphatic heterocycles. The molecule has 0 atom stereocenters. The van der Waals surface area contributed by atoms with Gasteiger partial charge in [0.05, 0.1) is 12.1 Å². The maximum Gasteiger partial charge on any atom is 0.289 e. The number of carbonyl (C=O) groups excluding carboxylic acids is 2. The molecule has 3 heterocycles. The number of aryl methyl sites for hydroxylation is 3. The average molecular weight is 432 g/mol. The molecule has 0 spiro atoms. The van der Waals surface area contributed by atoms with E-state index in [0.717, 1.165) is 30.0 Å². The second kappa shape index (κ2) is 9.34. The van der Waals surface area contributed by atoms with Crippen molar-refractivity contribution >= 4 is 17.5 Å². The second-order valence-corrected chi connectivity index (χ2v) is 8.52. The number of piperazine rings is 1. The van der Waals surface area contributed by atoms with Crippen molar-refractivity contribution < 1.29 is 9.59 Å². The van der Waals surface area contributed by atoms with Crippen molar-refractivity contribution in [1.82, 2.24) is 19.4 Å². The maximum atomic E-state index is 13.1. The zero-order chi connectivity index (χ0) is 22.7. The summed E-state index contributed by atoms with van der Waals surface area (Å²) in [4.78, 5) is 38.5. The zero-order valence-corrected chi connectivity index (χ0v) is 18.9. The number of hydrogen-bond donors (Lipinski definition) is 0. The number of ketones is 1. The molecule has 0 N–H and O–H groups in total. The minimum absolute atomic E-state index is 0.0881. The lowest BCUT2D eigenvalue weighted by Crippen LogP contribution is -2.49. The summed E-state index contributed by atoms with van der Waals surface area (Å²) >= 11 is 0. The highest BCUT2D eigenvalue weighted by atomic mass is 16.2. The maximum absolute atomic E-state index is 13.1. The van der Waals surface area contributed by atoms with Gasteiger partial charge in [0.15, 0.2) is 5.82 Å². The number of carbonyl (C=O) groups is 2. The number of benzene rings is 1. The first-order valence-electron chi connectivity index (χ1n) is 11.0. The van der Waals surface area contributed by atoms with E-state index in [2.05, 4.69) is 20.9 Å². The fourth-order valence-corrected chi connectivity index (χ4v) is 3.94.